The van der Waals surface area contributed by atoms with Crippen molar-refractivity contribution in [1.29, 1.82) is 0 Å². The third kappa shape index (κ3) is 4.55. The van der Waals surface area contributed by atoms with Gasteiger partial charge in [0.1, 0.15) is 0 Å². The van der Waals surface area contributed by atoms with Gasteiger partial charge in [0.15, 0.2) is 0 Å². The molecule has 0 spiro atoms. The van der Waals surface area contributed by atoms with Crippen LogP contribution in [0.5, 0.6) is 0 Å². The predicted octanol–water partition coefficient (Wildman–Crippen LogP) is 6.06. The molecule has 3 rings (SSSR count). The summed E-state index contributed by atoms with van der Waals surface area (Å²) in [6.07, 6.45) is 2.32. The van der Waals surface area contributed by atoms with Gasteiger partial charge in [0, 0.05) is 34.8 Å². The second kappa shape index (κ2) is 8.36. The summed E-state index contributed by atoms with van der Waals surface area (Å²) in [4.78, 5) is 4.23. The fourth-order valence-corrected chi connectivity index (χ4v) is 3.60. The second-order valence-corrected chi connectivity index (χ2v) is 7.34. The molecule has 0 fully saturated rings. The number of hydrogen-bond acceptors (Lipinski definition) is 3. The van der Waals surface area contributed by atoms with Crippen LogP contribution in [0.1, 0.15) is 45.8 Å². The van der Waals surface area contributed by atoms with Crippen LogP contribution >= 0.6 is 11.6 Å². The van der Waals surface area contributed by atoms with E-state index in [1.54, 1.807) is 6.20 Å². The molecule has 0 radical (unpaired) electrons. The van der Waals surface area contributed by atoms with Gasteiger partial charge in [-0.1, -0.05) is 52.7 Å². The molecule has 0 aliphatic rings. The minimum atomic E-state index is 0.0576. The van der Waals surface area contributed by atoms with Gasteiger partial charge in [-0.3, -0.25) is 4.98 Å². The Kier molecular flexibility index (Phi) is 5.92. The Morgan fingerprint density at radius 3 is 2.41 bits per heavy atom. The topological polar surface area (TPSA) is 45.5 Å². The zero-order chi connectivity index (χ0) is 19.4. The zero-order valence-electron chi connectivity index (χ0n) is 15.8. The monoisotopic (exact) mass is 378 g/mol. The van der Waals surface area contributed by atoms with Gasteiger partial charge >= 0.3 is 0 Å². The standard InChI is InChI=1S/C23H23ClN2O/c1-15-4-6-18(7-5-15)22(21-9-8-20(24)12-16(21)2)14-23(26-27)19-10-11-25-17(3)13-19/h4-13,22,27H,14H2,1-3H3/b26-23+/t22-/m1/s1. The summed E-state index contributed by atoms with van der Waals surface area (Å²) in [5.41, 5.74) is 7.10. The second-order valence-electron chi connectivity index (χ2n) is 6.90. The Balaban J connectivity index is 2.05. The van der Waals surface area contributed by atoms with E-state index in [1.165, 1.54) is 16.7 Å². The molecule has 0 aliphatic heterocycles. The molecule has 1 heterocycles. The van der Waals surface area contributed by atoms with Crippen molar-refractivity contribution < 1.29 is 5.21 Å². The summed E-state index contributed by atoms with van der Waals surface area (Å²) in [7, 11) is 0. The summed E-state index contributed by atoms with van der Waals surface area (Å²) in [6.45, 7) is 6.07. The largest absolute Gasteiger partial charge is 0.411 e. The molecule has 1 atom stereocenters. The SMILES string of the molecule is Cc1ccc([C@@H](C/C(=N\O)c2ccnc(C)c2)c2ccc(Cl)cc2C)cc1. The highest BCUT2D eigenvalue weighted by Crippen LogP contribution is 2.33. The van der Waals surface area contributed by atoms with Crippen molar-refractivity contribution in [2.75, 3.05) is 0 Å². The van der Waals surface area contributed by atoms with Crippen LogP contribution in [-0.4, -0.2) is 15.9 Å². The Morgan fingerprint density at radius 1 is 1.04 bits per heavy atom. The first kappa shape index (κ1) is 19.1. The lowest BCUT2D eigenvalue weighted by Crippen LogP contribution is -2.12. The Bertz CT molecular complexity index is 964. The van der Waals surface area contributed by atoms with Crippen molar-refractivity contribution in [2.45, 2.75) is 33.1 Å². The normalized spacial score (nSPS) is 12.8. The van der Waals surface area contributed by atoms with Crippen LogP contribution < -0.4 is 0 Å². The fourth-order valence-electron chi connectivity index (χ4n) is 3.37. The minimum absolute atomic E-state index is 0.0576. The highest BCUT2D eigenvalue weighted by Gasteiger charge is 2.20. The molecule has 138 valence electrons. The van der Waals surface area contributed by atoms with E-state index < -0.39 is 0 Å². The first-order valence-corrected chi connectivity index (χ1v) is 9.32. The van der Waals surface area contributed by atoms with Crippen molar-refractivity contribution in [1.82, 2.24) is 4.98 Å². The number of halogens is 1. The van der Waals surface area contributed by atoms with Crippen LogP contribution in [0.15, 0.2) is 65.9 Å². The average Bonchev–Trinajstić information content (AvgIpc) is 2.64. The van der Waals surface area contributed by atoms with E-state index in [9.17, 15) is 5.21 Å². The molecule has 0 amide bonds. The van der Waals surface area contributed by atoms with Gasteiger partial charge in [-0.25, -0.2) is 0 Å². The van der Waals surface area contributed by atoms with Crippen molar-refractivity contribution in [3.63, 3.8) is 0 Å². The number of nitrogens with zero attached hydrogens (tertiary/aromatic N) is 2. The Morgan fingerprint density at radius 2 is 1.78 bits per heavy atom. The highest BCUT2D eigenvalue weighted by atomic mass is 35.5. The van der Waals surface area contributed by atoms with Gasteiger partial charge in [-0.2, -0.15) is 0 Å². The van der Waals surface area contributed by atoms with E-state index in [2.05, 4.69) is 54.3 Å². The lowest BCUT2D eigenvalue weighted by Gasteiger charge is -2.21. The van der Waals surface area contributed by atoms with Gasteiger partial charge in [-0.15, -0.1) is 0 Å². The number of oxime groups is 1. The van der Waals surface area contributed by atoms with E-state index in [-0.39, 0.29) is 5.92 Å². The Labute approximate surface area is 165 Å². The molecule has 1 N–H and O–H groups in total. The number of aryl methyl sites for hydroxylation is 3. The summed E-state index contributed by atoms with van der Waals surface area (Å²) in [6, 6.07) is 18.3. The lowest BCUT2D eigenvalue weighted by molar-refractivity contribution is 0.317. The highest BCUT2D eigenvalue weighted by molar-refractivity contribution is 6.30. The number of aromatic nitrogens is 1. The smallest absolute Gasteiger partial charge is 0.0878 e. The van der Waals surface area contributed by atoms with Gasteiger partial charge < -0.3 is 5.21 Å². The van der Waals surface area contributed by atoms with Gasteiger partial charge in [0.05, 0.1) is 5.71 Å². The average molecular weight is 379 g/mol. The fraction of sp³-hybridized carbons (Fsp3) is 0.217. The molecule has 27 heavy (non-hydrogen) atoms. The molecule has 0 saturated carbocycles. The molecular formula is C23H23ClN2O. The predicted molar refractivity (Wildman–Crippen MR) is 111 cm³/mol. The van der Waals surface area contributed by atoms with Crippen LogP contribution in [0, 0.1) is 20.8 Å². The first-order chi connectivity index (χ1) is 13.0. The van der Waals surface area contributed by atoms with Crippen molar-refractivity contribution in [3.8, 4) is 0 Å². The van der Waals surface area contributed by atoms with E-state index >= 15 is 0 Å². The van der Waals surface area contributed by atoms with Crippen LogP contribution in [0.3, 0.4) is 0 Å². The summed E-state index contributed by atoms with van der Waals surface area (Å²) in [5.74, 6) is 0.0576. The molecule has 0 aliphatic carbocycles. The minimum Gasteiger partial charge on any atom is -0.411 e. The van der Waals surface area contributed by atoms with E-state index in [0.717, 1.165) is 21.8 Å². The molecule has 0 unspecified atom stereocenters. The number of rotatable bonds is 5. The molecule has 4 heteroatoms. The third-order valence-electron chi connectivity index (χ3n) is 4.84. The Hall–Kier alpha value is -2.65. The van der Waals surface area contributed by atoms with Crippen molar-refractivity contribution >= 4 is 17.3 Å². The number of benzene rings is 2. The van der Waals surface area contributed by atoms with E-state index in [1.807, 2.05) is 31.2 Å². The summed E-state index contributed by atoms with van der Waals surface area (Å²) >= 11 is 6.16. The molecule has 3 nitrogen and oxygen atoms in total. The van der Waals surface area contributed by atoms with E-state index in [4.69, 9.17) is 11.6 Å². The molecule has 1 aromatic heterocycles. The zero-order valence-corrected chi connectivity index (χ0v) is 16.5. The molecule has 0 bridgehead atoms. The maximum atomic E-state index is 9.72. The van der Waals surface area contributed by atoms with Gasteiger partial charge in [0.2, 0.25) is 0 Å². The van der Waals surface area contributed by atoms with Crippen molar-refractivity contribution in [2.24, 2.45) is 5.16 Å². The maximum Gasteiger partial charge on any atom is 0.0878 e. The quantitative estimate of drug-likeness (QED) is 0.333. The molecule has 0 saturated heterocycles. The van der Waals surface area contributed by atoms with E-state index in [0.29, 0.717) is 12.1 Å². The van der Waals surface area contributed by atoms with Crippen LogP contribution in [0.2, 0.25) is 5.02 Å². The molecule has 3 aromatic rings. The lowest BCUT2D eigenvalue weighted by atomic mass is 9.83. The summed E-state index contributed by atoms with van der Waals surface area (Å²) in [5, 5.41) is 14.1. The summed E-state index contributed by atoms with van der Waals surface area (Å²) < 4.78 is 0. The molecular weight excluding hydrogens is 356 g/mol. The third-order valence-corrected chi connectivity index (χ3v) is 5.07. The number of hydrogen-bond donors (Lipinski definition) is 1. The van der Waals surface area contributed by atoms with Crippen molar-refractivity contribution in [3.05, 3.63) is 99.3 Å². The first-order valence-electron chi connectivity index (χ1n) is 8.94. The van der Waals surface area contributed by atoms with Gasteiger partial charge in [-0.05, 0) is 61.7 Å². The van der Waals surface area contributed by atoms with Crippen LogP contribution in [0.25, 0.3) is 0 Å². The van der Waals surface area contributed by atoms with Gasteiger partial charge in [0.25, 0.3) is 0 Å². The number of pyridine rings is 1. The van der Waals surface area contributed by atoms with Crippen LogP contribution in [-0.2, 0) is 0 Å². The molecule has 2 aromatic carbocycles. The maximum absolute atomic E-state index is 9.72. The van der Waals surface area contributed by atoms with Crippen LogP contribution in [0.4, 0.5) is 0 Å².